The zero-order valence-corrected chi connectivity index (χ0v) is 18.7. The highest BCUT2D eigenvalue weighted by atomic mass is 32.1. The number of ether oxygens (including phenoxy) is 2. The molecular weight excluding hydrogens is 394 g/mol. The van der Waals surface area contributed by atoms with E-state index in [9.17, 15) is 0 Å². The zero-order chi connectivity index (χ0) is 21.2. The number of aryl methyl sites for hydroxylation is 1. The number of hydrazone groups is 1. The maximum absolute atomic E-state index is 5.86. The van der Waals surface area contributed by atoms with Gasteiger partial charge in [0, 0.05) is 10.9 Å². The summed E-state index contributed by atoms with van der Waals surface area (Å²) in [6.07, 6.45) is 6.47. The highest BCUT2D eigenvalue weighted by molar-refractivity contribution is 7.14. The van der Waals surface area contributed by atoms with Gasteiger partial charge in [-0.25, -0.2) is 4.98 Å². The molecule has 0 radical (unpaired) electrons. The molecule has 0 fully saturated rings. The average molecular weight is 424 g/mol. The van der Waals surface area contributed by atoms with Crippen molar-refractivity contribution in [2.24, 2.45) is 5.10 Å². The van der Waals surface area contributed by atoms with Gasteiger partial charge in [-0.05, 0) is 37.1 Å². The van der Waals surface area contributed by atoms with Crippen LogP contribution in [0.1, 0.15) is 43.7 Å². The van der Waals surface area contributed by atoms with Gasteiger partial charge < -0.3 is 9.47 Å². The highest BCUT2D eigenvalue weighted by Crippen LogP contribution is 2.28. The van der Waals surface area contributed by atoms with Gasteiger partial charge in [0.05, 0.1) is 25.6 Å². The number of anilines is 1. The van der Waals surface area contributed by atoms with Crippen LogP contribution in [-0.2, 0) is 0 Å². The molecule has 1 aromatic heterocycles. The van der Waals surface area contributed by atoms with Crippen molar-refractivity contribution >= 4 is 22.7 Å². The van der Waals surface area contributed by atoms with Crippen LogP contribution in [0.15, 0.2) is 52.9 Å². The van der Waals surface area contributed by atoms with Gasteiger partial charge in [0.2, 0.25) is 5.13 Å². The average Bonchev–Trinajstić information content (AvgIpc) is 3.23. The third kappa shape index (κ3) is 6.32. The Labute approximate surface area is 182 Å². The van der Waals surface area contributed by atoms with Crippen LogP contribution in [0.3, 0.4) is 0 Å². The minimum atomic E-state index is 0.707. The maximum Gasteiger partial charge on any atom is 0.203 e. The Morgan fingerprint density at radius 3 is 2.67 bits per heavy atom. The zero-order valence-electron chi connectivity index (χ0n) is 17.9. The summed E-state index contributed by atoms with van der Waals surface area (Å²) in [6, 6.07) is 14.2. The minimum absolute atomic E-state index is 0.707. The lowest BCUT2D eigenvalue weighted by atomic mass is 10.1. The molecule has 0 aliphatic heterocycles. The van der Waals surface area contributed by atoms with Crippen molar-refractivity contribution in [2.45, 2.75) is 39.5 Å². The Kier molecular flexibility index (Phi) is 8.27. The van der Waals surface area contributed by atoms with E-state index in [1.165, 1.54) is 36.2 Å². The second-order valence-corrected chi connectivity index (χ2v) is 7.95. The molecule has 1 N–H and O–H groups in total. The first-order valence-corrected chi connectivity index (χ1v) is 11.2. The molecule has 158 valence electrons. The molecule has 2 aromatic carbocycles. The third-order valence-corrected chi connectivity index (χ3v) is 5.42. The largest absolute Gasteiger partial charge is 0.493 e. The second kappa shape index (κ2) is 11.4. The van der Waals surface area contributed by atoms with Gasteiger partial charge in [-0.3, -0.25) is 5.43 Å². The van der Waals surface area contributed by atoms with E-state index in [1.807, 2.05) is 23.6 Å². The number of thiazole rings is 1. The number of aromatic nitrogens is 1. The van der Waals surface area contributed by atoms with Crippen LogP contribution >= 0.6 is 11.3 Å². The van der Waals surface area contributed by atoms with Gasteiger partial charge in [-0.1, -0.05) is 56.0 Å². The van der Waals surface area contributed by atoms with Gasteiger partial charge >= 0.3 is 0 Å². The van der Waals surface area contributed by atoms with Crippen LogP contribution in [0.2, 0.25) is 0 Å². The first kappa shape index (κ1) is 21.8. The van der Waals surface area contributed by atoms with Crippen molar-refractivity contribution in [1.82, 2.24) is 4.98 Å². The molecular formula is C24H29N3O2S. The second-order valence-electron chi connectivity index (χ2n) is 7.09. The number of rotatable bonds is 11. The predicted molar refractivity (Wildman–Crippen MR) is 126 cm³/mol. The third-order valence-electron chi connectivity index (χ3n) is 4.67. The van der Waals surface area contributed by atoms with Gasteiger partial charge in [0.1, 0.15) is 0 Å². The Hall–Kier alpha value is -2.86. The number of hydrogen-bond donors (Lipinski definition) is 1. The molecule has 0 spiro atoms. The Morgan fingerprint density at radius 1 is 1.07 bits per heavy atom. The summed E-state index contributed by atoms with van der Waals surface area (Å²) in [5.41, 5.74) is 7.21. The minimum Gasteiger partial charge on any atom is -0.493 e. The van der Waals surface area contributed by atoms with Crippen molar-refractivity contribution in [2.75, 3.05) is 19.1 Å². The molecule has 30 heavy (non-hydrogen) atoms. The molecule has 3 rings (SSSR count). The molecule has 0 aliphatic rings. The first-order valence-electron chi connectivity index (χ1n) is 10.3. The summed E-state index contributed by atoms with van der Waals surface area (Å²) in [5.74, 6) is 1.48. The standard InChI is InChI=1S/C24H29N3O2S/c1-4-5-6-7-14-29-22-13-10-19(15-23(22)28-3)16-25-27-24-26-21(17-30-24)20-11-8-18(2)9-12-20/h8-13,15-17H,4-7,14H2,1-3H3,(H,26,27)/b25-16-. The van der Waals surface area contributed by atoms with Crippen LogP contribution in [0, 0.1) is 6.92 Å². The van der Waals surface area contributed by atoms with Crippen LogP contribution in [-0.4, -0.2) is 24.9 Å². The van der Waals surface area contributed by atoms with E-state index in [4.69, 9.17) is 9.47 Å². The molecule has 0 saturated heterocycles. The molecule has 0 amide bonds. The van der Waals surface area contributed by atoms with Crippen LogP contribution in [0.4, 0.5) is 5.13 Å². The Morgan fingerprint density at radius 2 is 1.90 bits per heavy atom. The van der Waals surface area contributed by atoms with E-state index in [0.29, 0.717) is 12.4 Å². The number of nitrogens with zero attached hydrogens (tertiary/aromatic N) is 2. The normalized spacial score (nSPS) is 11.0. The number of benzene rings is 2. The molecule has 0 unspecified atom stereocenters. The van der Waals surface area contributed by atoms with Crippen molar-refractivity contribution in [3.05, 3.63) is 59.0 Å². The van der Waals surface area contributed by atoms with E-state index in [2.05, 4.69) is 53.6 Å². The van der Waals surface area contributed by atoms with E-state index >= 15 is 0 Å². The molecule has 5 nitrogen and oxygen atoms in total. The van der Waals surface area contributed by atoms with Crippen molar-refractivity contribution in [3.63, 3.8) is 0 Å². The Bertz CT molecular complexity index is 951. The summed E-state index contributed by atoms with van der Waals surface area (Å²) in [5, 5.41) is 7.09. The lowest BCUT2D eigenvalue weighted by Crippen LogP contribution is -2.00. The first-order chi connectivity index (χ1) is 14.7. The van der Waals surface area contributed by atoms with E-state index in [-0.39, 0.29) is 0 Å². The summed E-state index contributed by atoms with van der Waals surface area (Å²) < 4.78 is 11.3. The summed E-state index contributed by atoms with van der Waals surface area (Å²) >= 11 is 1.53. The lowest BCUT2D eigenvalue weighted by molar-refractivity contribution is 0.285. The summed E-state index contributed by atoms with van der Waals surface area (Å²) in [7, 11) is 1.65. The van der Waals surface area contributed by atoms with E-state index in [1.54, 1.807) is 13.3 Å². The monoisotopic (exact) mass is 423 g/mol. The summed E-state index contributed by atoms with van der Waals surface area (Å²) in [6.45, 7) is 4.99. The fourth-order valence-electron chi connectivity index (χ4n) is 2.94. The molecule has 0 bridgehead atoms. The Balaban J connectivity index is 1.56. The van der Waals surface area contributed by atoms with E-state index < -0.39 is 0 Å². The van der Waals surface area contributed by atoms with Crippen molar-refractivity contribution in [3.8, 4) is 22.8 Å². The fraction of sp³-hybridized carbons (Fsp3) is 0.333. The SMILES string of the molecule is CCCCCCOc1ccc(/C=N\Nc2nc(-c3ccc(C)cc3)cs2)cc1OC. The molecule has 0 atom stereocenters. The quantitative estimate of drug-likeness (QED) is 0.216. The van der Waals surface area contributed by atoms with Crippen LogP contribution < -0.4 is 14.9 Å². The number of nitrogens with one attached hydrogen (secondary N) is 1. The van der Waals surface area contributed by atoms with E-state index in [0.717, 1.165) is 34.1 Å². The van der Waals surface area contributed by atoms with Crippen molar-refractivity contribution in [1.29, 1.82) is 0 Å². The highest BCUT2D eigenvalue weighted by Gasteiger charge is 2.06. The molecule has 6 heteroatoms. The number of methoxy groups -OCH3 is 1. The summed E-state index contributed by atoms with van der Waals surface area (Å²) in [4.78, 5) is 4.59. The fourth-order valence-corrected chi connectivity index (χ4v) is 3.61. The maximum atomic E-state index is 5.86. The smallest absolute Gasteiger partial charge is 0.203 e. The molecule has 0 aliphatic carbocycles. The topological polar surface area (TPSA) is 55.7 Å². The van der Waals surface area contributed by atoms with Gasteiger partial charge in [0.25, 0.3) is 0 Å². The van der Waals surface area contributed by atoms with Crippen LogP contribution in [0.5, 0.6) is 11.5 Å². The lowest BCUT2D eigenvalue weighted by Gasteiger charge is -2.11. The van der Waals surface area contributed by atoms with Gasteiger partial charge in [-0.2, -0.15) is 5.10 Å². The molecule has 0 saturated carbocycles. The number of unbranched alkanes of at least 4 members (excludes halogenated alkanes) is 3. The molecule has 1 heterocycles. The predicted octanol–water partition coefficient (Wildman–Crippen LogP) is 6.53. The van der Waals surface area contributed by atoms with Gasteiger partial charge in [-0.15, -0.1) is 11.3 Å². The van der Waals surface area contributed by atoms with Gasteiger partial charge in [0.15, 0.2) is 11.5 Å². The van der Waals surface area contributed by atoms with Crippen LogP contribution in [0.25, 0.3) is 11.3 Å². The molecule has 3 aromatic rings. The number of hydrogen-bond acceptors (Lipinski definition) is 6. The van der Waals surface area contributed by atoms with Crippen molar-refractivity contribution < 1.29 is 9.47 Å².